The van der Waals surface area contributed by atoms with Gasteiger partial charge in [0.15, 0.2) is 0 Å². The van der Waals surface area contributed by atoms with Crippen molar-refractivity contribution < 1.29 is 14.3 Å². The molecule has 0 saturated heterocycles. The van der Waals surface area contributed by atoms with Crippen LogP contribution in [0.5, 0.6) is 5.75 Å². The Balaban J connectivity index is 1.78. The number of carbonyl (C=O) groups excluding carboxylic acids is 2. The molecule has 1 unspecified atom stereocenters. The number of nitrogens with one attached hydrogen (secondary N) is 2. The normalized spacial score (nSPS) is 11.4. The molecule has 154 valence electrons. The Morgan fingerprint density at radius 2 is 1.63 bits per heavy atom. The molecular weight excluding hydrogens is 376 g/mol. The van der Waals surface area contributed by atoms with Crippen LogP contribution in [-0.2, 0) is 17.6 Å². The highest BCUT2D eigenvalue weighted by Crippen LogP contribution is 2.14. The summed E-state index contributed by atoms with van der Waals surface area (Å²) in [7, 11) is 1.55. The van der Waals surface area contributed by atoms with Crippen molar-refractivity contribution in [1.82, 2.24) is 5.32 Å². The van der Waals surface area contributed by atoms with Gasteiger partial charge in [-0.3, -0.25) is 9.59 Å². The first-order chi connectivity index (χ1) is 14.6. The molecule has 1 atom stereocenters. The lowest BCUT2D eigenvalue weighted by atomic mass is 10.0. The average molecular weight is 402 g/mol. The van der Waals surface area contributed by atoms with Crippen LogP contribution in [0.2, 0.25) is 0 Å². The van der Waals surface area contributed by atoms with Gasteiger partial charge in [-0.2, -0.15) is 0 Å². The molecule has 0 heterocycles. The van der Waals surface area contributed by atoms with Crippen molar-refractivity contribution in [2.45, 2.75) is 25.8 Å². The second-order valence-corrected chi connectivity index (χ2v) is 6.99. The van der Waals surface area contributed by atoms with Crippen molar-refractivity contribution in [3.63, 3.8) is 0 Å². The number of benzene rings is 3. The van der Waals surface area contributed by atoms with Gasteiger partial charge in [-0.1, -0.05) is 55.5 Å². The standard InChI is InChI=1S/C25H26N2O3/c1-3-18-12-14-21(15-13-18)26-25(29)23(16-19-8-5-4-6-9-19)27-24(28)20-10-7-11-22(17-20)30-2/h4-15,17,23H,3,16H2,1-2H3,(H,26,29)(H,27,28). The van der Waals surface area contributed by atoms with E-state index in [1.807, 2.05) is 54.6 Å². The third kappa shape index (κ3) is 5.70. The van der Waals surface area contributed by atoms with Gasteiger partial charge in [0.05, 0.1) is 7.11 Å². The Morgan fingerprint density at radius 1 is 0.900 bits per heavy atom. The molecule has 0 fully saturated rings. The summed E-state index contributed by atoms with van der Waals surface area (Å²) in [5, 5.41) is 5.78. The molecule has 3 aromatic carbocycles. The molecule has 0 bridgehead atoms. The number of anilines is 1. The molecule has 3 rings (SSSR count). The predicted molar refractivity (Wildman–Crippen MR) is 119 cm³/mol. The van der Waals surface area contributed by atoms with Crippen LogP contribution in [0.1, 0.15) is 28.4 Å². The van der Waals surface area contributed by atoms with Crippen LogP contribution in [-0.4, -0.2) is 25.0 Å². The molecule has 0 saturated carbocycles. The fraction of sp³-hybridized carbons (Fsp3) is 0.200. The number of hydrogen-bond acceptors (Lipinski definition) is 3. The lowest BCUT2D eigenvalue weighted by Crippen LogP contribution is -2.45. The molecule has 5 nitrogen and oxygen atoms in total. The van der Waals surface area contributed by atoms with Crippen molar-refractivity contribution in [1.29, 1.82) is 0 Å². The van der Waals surface area contributed by atoms with Crippen LogP contribution < -0.4 is 15.4 Å². The van der Waals surface area contributed by atoms with Gasteiger partial charge >= 0.3 is 0 Å². The first-order valence-corrected chi connectivity index (χ1v) is 9.97. The van der Waals surface area contributed by atoms with Crippen LogP contribution in [0.25, 0.3) is 0 Å². The summed E-state index contributed by atoms with van der Waals surface area (Å²) >= 11 is 0. The van der Waals surface area contributed by atoms with Gasteiger partial charge < -0.3 is 15.4 Å². The molecular formula is C25H26N2O3. The second kappa shape index (κ2) is 10.3. The van der Waals surface area contributed by atoms with E-state index in [0.717, 1.165) is 12.0 Å². The third-order valence-electron chi connectivity index (χ3n) is 4.87. The van der Waals surface area contributed by atoms with Gasteiger partial charge in [0, 0.05) is 17.7 Å². The Kier molecular flexibility index (Phi) is 7.22. The molecule has 0 aliphatic rings. The SMILES string of the molecule is CCc1ccc(NC(=O)C(Cc2ccccc2)NC(=O)c2cccc(OC)c2)cc1. The number of amides is 2. The maximum absolute atomic E-state index is 13.0. The maximum Gasteiger partial charge on any atom is 0.252 e. The van der Waals surface area contributed by atoms with Crippen LogP contribution in [0.3, 0.4) is 0 Å². The van der Waals surface area contributed by atoms with E-state index in [0.29, 0.717) is 23.4 Å². The summed E-state index contributed by atoms with van der Waals surface area (Å²) in [6.45, 7) is 2.08. The Hall–Kier alpha value is -3.60. The fourth-order valence-corrected chi connectivity index (χ4v) is 3.12. The molecule has 5 heteroatoms. The largest absolute Gasteiger partial charge is 0.497 e. The maximum atomic E-state index is 13.0. The minimum Gasteiger partial charge on any atom is -0.497 e. The van der Waals surface area contributed by atoms with E-state index in [1.165, 1.54) is 5.56 Å². The Labute approximate surface area is 177 Å². The van der Waals surface area contributed by atoms with Crippen molar-refractivity contribution in [3.8, 4) is 5.75 Å². The topological polar surface area (TPSA) is 67.4 Å². The highest BCUT2D eigenvalue weighted by Gasteiger charge is 2.22. The number of ether oxygens (including phenoxy) is 1. The summed E-state index contributed by atoms with van der Waals surface area (Å²) in [4.78, 5) is 25.8. The minimum atomic E-state index is -0.725. The average Bonchev–Trinajstić information content (AvgIpc) is 2.79. The molecule has 2 amide bonds. The van der Waals surface area contributed by atoms with E-state index in [2.05, 4.69) is 17.6 Å². The highest BCUT2D eigenvalue weighted by atomic mass is 16.5. The Bertz CT molecular complexity index is 985. The van der Waals surface area contributed by atoms with E-state index in [4.69, 9.17) is 4.74 Å². The van der Waals surface area contributed by atoms with Gasteiger partial charge in [0.1, 0.15) is 11.8 Å². The highest BCUT2D eigenvalue weighted by molar-refractivity contribution is 6.01. The lowest BCUT2D eigenvalue weighted by molar-refractivity contribution is -0.118. The zero-order valence-electron chi connectivity index (χ0n) is 17.2. The second-order valence-electron chi connectivity index (χ2n) is 6.99. The number of carbonyl (C=O) groups is 2. The molecule has 0 aliphatic heterocycles. The summed E-state index contributed by atoms with van der Waals surface area (Å²) < 4.78 is 5.19. The molecule has 0 spiro atoms. The van der Waals surface area contributed by atoms with E-state index < -0.39 is 6.04 Å². The molecule has 30 heavy (non-hydrogen) atoms. The van der Waals surface area contributed by atoms with Crippen LogP contribution in [0.4, 0.5) is 5.69 Å². The van der Waals surface area contributed by atoms with Crippen molar-refractivity contribution in [2.75, 3.05) is 12.4 Å². The van der Waals surface area contributed by atoms with Gasteiger partial charge in [-0.25, -0.2) is 0 Å². The molecule has 2 N–H and O–H groups in total. The zero-order chi connectivity index (χ0) is 21.3. The summed E-state index contributed by atoms with van der Waals surface area (Å²) in [5.74, 6) is -0.00613. The molecule has 0 aliphatic carbocycles. The number of rotatable bonds is 8. The summed E-state index contributed by atoms with van der Waals surface area (Å²) in [6.07, 6.45) is 1.32. The van der Waals surface area contributed by atoms with Crippen molar-refractivity contribution in [2.24, 2.45) is 0 Å². The van der Waals surface area contributed by atoms with Gasteiger partial charge in [0.25, 0.3) is 5.91 Å². The smallest absolute Gasteiger partial charge is 0.252 e. The van der Waals surface area contributed by atoms with E-state index in [9.17, 15) is 9.59 Å². The predicted octanol–water partition coefficient (Wildman–Crippen LogP) is 4.24. The van der Waals surface area contributed by atoms with E-state index in [1.54, 1.807) is 31.4 Å². The first kappa shape index (κ1) is 21.1. The van der Waals surface area contributed by atoms with E-state index >= 15 is 0 Å². The zero-order valence-corrected chi connectivity index (χ0v) is 17.2. The van der Waals surface area contributed by atoms with Gasteiger partial charge in [-0.15, -0.1) is 0 Å². The first-order valence-electron chi connectivity index (χ1n) is 9.97. The molecule has 0 aromatic heterocycles. The quantitative estimate of drug-likeness (QED) is 0.592. The van der Waals surface area contributed by atoms with Crippen LogP contribution >= 0.6 is 0 Å². The monoisotopic (exact) mass is 402 g/mol. The Morgan fingerprint density at radius 3 is 2.30 bits per heavy atom. The molecule has 0 radical (unpaired) electrons. The summed E-state index contributed by atoms with van der Waals surface area (Å²) in [5.41, 5.74) is 3.29. The van der Waals surface area contributed by atoms with Crippen LogP contribution in [0.15, 0.2) is 78.9 Å². The third-order valence-corrected chi connectivity index (χ3v) is 4.87. The number of hydrogen-bond donors (Lipinski definition) is 2. The van der Waals surface area contributed by atoms with Gasteiger partial charge in [0.2, 0.25) is 5.91 Å². The van der Waals surface area contributed by atoms with E-state index in [-0.39, 0.29) is 11.8 Å². The lowest BCUT2D eigenvalue weighted by Gasteiger charge is -2.19. The van der Waals surface area contributed by atoms with Crippen molar-refractivity contribution >= 4 is 17.5 Å². The van der Waals surface area contributed by atoms with Crippen LogP contribution in [0, 0.1) is 0 Å². The van der Waals surface area contributed by atoms with Gasteiger partial charge in [-0.05, 0) is 47.9 Å². The summed E-state index contributed by atoms with van der Waals surface area (Å²) in [6, 6.07) is 23.5. The van der Waals surface area contributed by atoms with Crippen molar-refractivity contribution in [3.05, 3.63) is 95.6 Å². The fourth-order valence-electron chi connectivity index (χ4n) is 3.12. The number of methoxy groups -OCH3 is 1. The molecule has 3 aromatic rings. The number of aryl methyl sites for hydroxylation is 1. The minimum absolute atomic E-state index is 0.264.